The number of hydrogen-bond donors (Lipinski definition) is 1. The fourth-order valence-electron chi connectivity index (χ4n) is 3.61. The Kier molecular flexibility index (Phi) is 5.74. The normalized spacial score (nSPS) is 11.0. The summed E-state index contributed by atoms with van der Waals surface area (Å²) < 4.78 is 8.39. The van der Waals surface area contributed by atoms with Crippen molar-refractivity contribution in [3.05, 3.63) is 107 Å². The number of aliphatic hydroxyl groups is 1. The number of ether oxygens (including phenoxy) is 1. The maximum Gasteiger partial charge on any atom is 0.143 e. The monoisotopic (exact) mass is 371 g/mol. The Labute approximate surface area is 165 Å². The zero-order chi connectivity index (χ0) is 19.2. The molecule has 0 aliphatic heterocycles. The molecule has 0 fully saturated rings. The largest absolute Gasteiger partial charge is 0.487 e. The zero-order valence-electron chi connectivity index (χ0n) is 15.9. The first-order valence-electron chi connectivity index (χ1n) is 9.78. The van der Waals surface area contributed by atoms with Gasteiger partial charge in [-0.15, -0.1) is 0 Å². The molecule has 4 aromatic rings. The van der Waals surface area contributed by atoms with E-state index in [4.69, 9.17) is 4.74 Å². The van der Waals surface area contributed by atoms with Crippen molar-refractivity contribution in [2.24, 2.45) is 0 Å². The van der Waals surface area contributed by atoms with E-state index in [1.807, 2.05) is 36.4 Å². The van der Waals surface area contributed by atoms with Crippen LogP contribution in [0.15, 0.2) is 85.1 Å². The first-order chi connectivity index (χ1) is 13.8. The molecule has 0 aliphatic carbocycles. The first-order valence-corrected chi connectivity index (χ1v) is 9.78. The van der Waals surface area contributed by atoms with Gasteiger partial charge in [0.2, 0.25) is 0 Å². The first kappa shape index (κ1) is 18.3. The number of nitrogens with zero attached hydrogens (tertiary/aromatic N) is 1. The van der Waals surface area contributed by atoms with Crippen LogP contribution in [0.1, 0.15) is 28.8 Å². The van der Waals surface area contributed by atoms with Gasteiger partial charge in [0.1, 0.15) is 12.4 Å². The summed E-state index contributed by atoms with van der Waals surface area (Å²) in [6, 6.07) is 27.0. The number of aliphatic hydroxyl groups excluding tert-OH is 1. The van der Waals surface area contributed by atoms with Crippen molar-refractivity contribution in [1.29, 1.82) is 0 Å². The molecule has 2 aromatic carbocycles. The van der Waals surface area contributed by atoms with E-state index in [0.29, 0.717) is 6.61 Å². The van der Waals surface area contributed by atoms with Crippen molar-refractivity contribution in [2.45, 2.75) is 25.9 Å². The molecule has 0 spiro atoms. The Hall–Kier alpha value is -3.04. The second-order valence-corrected chi connectivity index (χ2v) is 7.01. The number of aryl methyl sites for hydroxylation is 1. The van der Waals surface area contributed by atoms with E-state index in [0.717, 1.165) is 36.1 Å². The van der Waals surface area contributed by atoms with E-state index in [9.17, 15) is 5.11 Å². The third kappa shape index (κ3) is 4.10. The highest BCUT2D eigenvalue weighted by molar-refractivity contribution is 5.64. The lowest BCUT2D eigenvalue weighted by molar-refractivity contribution is 0.288. The van der Waals surface area contributed by atoms with Crippen LogP contribution in [0.2, 0.25) is 0 Å². The molecule has 0 saturated heterocycles. The average molecular weight is 371 g/mol. The van der Waals surface area contributed by atoms with Crippen LogP contribution in [0.4, 0.5) is 0 Å². The highest BCUT2D eigenvalue weighted by Gasteiger charge is 2.14. The van der Waals surface area contributed by atoms with Gasteiger partial charge in [0.25, 0.3) is 0 Å². The van der Waals surface area contributed by atoms with Crippen molar-refractivity contribution >= 4 is 5.52 Å². The Morgan fingerprint density at radius 2 is 1.54 bits per heavy atom. The van der Waals surface area contributed by atoms with Crippen molar-refractivity contribution in [1.82, 2.24) is 4.40 Å². The molecule has 28 heavy (non-hydrogen) atoms. The number of fused-ring (bicyclic) bond motifs is 1. The topological polar surface area (TPSA) is 33.9 Å². The molecule has 0 amide bonds. The molecule has 0 unspecified atom stereocenters. The lowest BCUT2D eigenvalue weighted by Gasteiger charge is -2.10. The summed E-state index contributed by atoms with van der Waals surface area (Å²) in [7, 11) is 0. The van der Waals surface area contributed by atoms with Crippen LogP contribution in [-0.2, 0) is 19.4 Å². The summed E-state index contributed by atoms with van der Waals surface area (Å²) in [5, 5.41) is 9.32. The molecule has 2 heterocycles. The molecule has 3 nitrogen and oxygen atoms in total. The van der Waals surface area contributed by atoms with Crippen LogP contribution < -0.4 is 4.74 Å². The van der Waals surface area contributed by atoms with Crippen LogP contribution in [0.5, 0.6) is 5.75 Å². The third-order valence-corrected chi connectivity index (χ3v) is 5.02. The van der Waals surface area contributed by atoms with Crippen molar-refractivity contribution in [3.63, 3.8) is 0 Å². The third-order valence-electron chi connectivity index (χ3n) is 5.02. The predicted molar refractivity (Wildman–Crippen MR) is 113 cm³/mol. The van der Waals surface area contributed by atoms with Crippen molar-refractivity contribution in [3.8, 4) is 5.75 Å². The van der Waals surface area contributed by atoms with Gasteiger partial charge in [-0.3, -0.25) is 0 Å². The van der Waals surface area contributed by atoms with E-state index in [1.54, 1.807) is 0 Å². The molecule has 0 atom stereocenters. The fourth-order valence-corrected chi connectivity index (χ4v) is 3.61. The molecule has 0 aliphatic rings. The van der Waals surface area contributed by atoms with Crippen molar-refractivity contribution < 1.29 is 9.84 Å². The van der Waals surface area contributed by atoms with Crippen LogP contribution in [0.3, 0.4) is 0 Å². The number of benzene rings is 2. The summed E-state index contributed by atoms with van der Waals surface area (Å²) in [5.41, 5.74) is 6.05. The number of hydrogen-bond acceptors (Lipinski definition) is 2. The predicted octanol–water partition coefficient (Wildman–Crippen LogP) is 5.03. The summed E-state index contributed by atoms with van der Waals surface area (Å²) in [4.78, 5) is 0. The summed E-state index contributed by atoms with van der Waals surface area (Å²) in [6.45, 7) is 0.750. The maximum atomic E-state index is 9.32. The molecule has 3 heteroatoms. The zero-order valence-corrected chi connectivity index (χ0v) is 15.9. The quantitative estimate of drug-likeness (QED) is 0.471. The van der Waals surface area contributed by atoms with E-state index in [1.165, 1.54) is 16.8 Å². The number of pyridine rings is 1. The molecule has 0 saturated carbocycles. The molecular formula is C25H25NO2. The van der Waals surface area contributed by atoms with Crippen LogP contribution in [0, 0.1) is 0 Å². The SMILES string of the molecule is OCCCc1cc2c(OCc3ccccc3)cccn2c1Cc1ccccc1. The highest BCUT2D eigenvalue weighted by Crippen LogP contribution is 2.28. The molecular weight excluding hydrogens is 346 g/mol. The van der Waals surface area contributed by atoms with E-state index in [2.05, 4.69) is 53.1 Å². The minimum atomic E-state index is 0.203. The second-order valence-electron chi connectivity index (χ2n) is 7.01. The van der Waals surface area contributed by atoms with Gasteiger partial charge in [-0.25, -0.2) is 0 Å². The van der Waals surface area contributed by atoms with Gasteiger partial charge < -0.3 is 14.2 Å². The highest BCUT2D eigenvalue weighted by atomic mass is 16.5. The van der Waals surface area contributed by atoms with Crippen LogP contribution in [0.25, 0.3) is 5.52 Å². The molecule has 0 bridgehead atoms. The van der Waals surface area contributed by atoms with Gasteiger partial charge in [0, 0.05) is 24.9 Å². The smallest absolute Gasteiger partial charge is 0.143 e. The van der Waals surface area contributed by atoms with Gasteiger partial charge in [-0.1, -0.05) is 60.7 Å². The number of aromatic nitrogens is 1. The number of rotatable bonds is 8. The van der Waals surface area contributed by atoms with Crippen molar-refractivity contribution in [2.75, 3.05) is 6.61 Å². The summed E-state index contributed by atoms with van der Waals surface area (Å²) >= 11 is 0. The second kappa shape index (κ2) is 8.77. The lowest BCUT2D eigenvalue weighted by atomic mass is 10.0. The lowest BCUT2D eigenvalue weighted by Crippen LogP contribution is -2.01. The average Bonchev–Trinajstić information content (AvgIpc) is 3.10. The Balaban J connectivity index is 1.68. The van der Waals surface area contributed by atoms with Gasteiger partial charge in [0.15, 0.2) is 0 Å². The Morgan fingerprint density at radius 3 is 2.25 bits per heavy atom. The summed E-state index contributed by atoms with van der Waals surface area (Å²) in [5.74, 6) is 0.885. The Bertz CT molecular complexity index is 1020. The van der Waals surface area contributed by atoms with Gasteiger partial charge in [-0.2, -0.15) is 0 Å². The Morgan fingerprint density at radius 1 is 0.821 bits per heavy atom. The standard InChI is InChI=1S/C25H25NO2/c27-16-8-13-22-18-24-25(28-19-21-11-5-2-6-12-21)14-7-15-26(24)23(22)17-20-9-3-1-4-10-20/h1-7,9-12,14-15,18,27H,8,13,16-17,19H2. The minimum Gasteiger partial charge on any atom is -0.487 e. The van der Waals surface area contributed by atoms with E-state index in [-0.39, 0.29) is 6.61 Å². The van der Waals surface area contributed by atoms with Gasteiger partial charge >= 0.3 is 0 Å². The molecule has 4 rings (SSSR count). The fraction of sp³-hybridized carbons (Fsp3) is 0.200. The van der Waals surface area contributed by atoms with Crippen LogP contribution in [-0.4, -0.2) is 16.1 Å². The van der Waals surface area contributed by atoms with Gasteiger partial charge in [0.05, 0.1) is 5.52 Å². The van der Waals surface area contributed by atoms with E-state index < -0.39 is 0 Å². The molecule has 2 aromatic heterocycles. The van der Waals surface area contributed by atoms with Crippen LogP contribution >= 0.6 is 0 Å². The van der Waals surface area contributed by atoms with Gasteiger partial charge in [-0.05, 0) is 47.7 Å². The maximum absolute atomic E-state index is 9.32. The minimum absolute atomic E-state index is 0.203. The molecule has 0 radical (unpaired) electrons. The van der Waals surface area contributed by atoms with E-state index >= 15 is 0 Å². The molecule has 1 N–H and O–H groups in total. The molecule has 142 valence electrons. The summed E-state index contributed by atoms with van der Waals surface area (Å²) in [6.07, 6.45) is 4.58.